The number of nitro groups is 1. The highest BCUT2D eigenvalue weighted by Gasteiger charge is 2.10. The van der Waals surface area contributed by atoms with Gasteiger partial charge < -0.3 is 5.32 Å². The van der Waals surface area contributed by atoms with Crippen molar-refractivity contribution < 1.29 is 4.92 Å². The minimum Gasteiger partial charge on any atom is -0.314 e. The molecule has 0 aliphatic heterocycles. The molecule has 0 spiro atoms. The van der Waals surface area contributed by atoms with Crippen molar-refractivity contribution in [1.82, 2.24) is 20.1 Å². The highest BCUT2D eigenvalue weighted by atomic mass is 16.6. The van der Waals surface area contributed by atoms with Gasteiger partial charge in [-0.2, -0.15) is 5.10 Å². The van der Waals surface area contributed by atoms with Gasteiger partial charge in [-0.05, 0) is 13.0 Å². The number of nitrogens with one attached hydrogen (secondary N) is 1. The quantitative estimate of drug-likeness (QED) is 0.480. The topological polar surface area (TPSA) is 85.9 Å². The molecule has 2 aromatic rings. The molecule has 2 rings (SSSR count). The lowest BCUT2D eigenvalue weighted by Gasteiger charge is -2.07. The Morgan fingerprint density at radius 1 is 1.43 bits per heavy atom. The summed E-state index contributed by atoms with van der Waals surface area (Å²) in [6.45, 7) is 5.90. The lowest BCUT2D eigenvalue weighted by atomic mass is 10.2. The molecule has 0 radical (unpaired) electrons. The lowest BCUT2D eigenvalue weighted by molar-refractivity contribution is -0.384. The Morgan fingerprint density at radius 3 is 2.95 bits per heavy atom. The van der Waals surface area contributed by atoms with Crippen LogP contribution in [0.15, 0.2) is 30.6 Å². The molecule has 0 fully saturated rings. The molecule has 0 aliphatic rings. The van der Waals surface area contributed by atoms with Crippen LogP contribution in [-0.2, 0) is 6.54 Å². The van der Waals surface area contributed by atoms with Gasteiger partial charge in [-0.15, -0.1) is 0 Å². The summed E-state index contributed by atoms with van der Waals surface area (Å²) in [5, 5.41) is 18.5. The first-order valence-corrected chi connectivity index (χ1v) is 6.94. The first-order valence-electron chi connectivity index (χ1n) is 6.94. The van der Waals surface area contributed by atoms with Crippen LogP contribution < -0.4 is 5.32 Å². The Balaban J connectivity index is 1.99. The predicted octanol–water partition coefficient (Wildman–Crippen LogP) is 2.24. The summed E-state index contributed by atoms with van der Waals surface area (Å²) in [7, 11) is 0. The average Bonchev–Trinajstić information content (AvgIpc) is 2.92. The number of aryl methyl sites for hydroxylation is 1. The number of non-ortho nitro benzene ring substituents is 1. The van der Waals surface area contributed by atoms with E-state index in [1.165, 1.54) is 12.1 Å². The minimum absolute atomic E-state index is 0.0463. The van der Waals surface area contributed by atoms with Gasteiger partial charge in [-0.25, -0.2) is 4.98 Å². The second-order valence-corrected chi connectivity index (χ2v) is 5.10. The highest BCUT2D eigenvalue weighted by Crippen LogP contribution is 2.20. The van der Waals surface area contributed by atoms with Crippen LogP contribution in [0, 0.1) is 10.1 Å². The second-order valence-electron chi connectivity index (χ2n) is 5.10. The van der Waals surface area contributed by atoms with Crippen molar-refractivity contribution >= 4 is 5.69 Å². The minimum atomic E-state index is -0.419. The molecule has 1 heterocycles. The summed E-state index contributed by atoms with van der Waals surface area (Å²) in [6, 6.07) is 6.83. The van der Waals surface area contributed by atoms with E-state index in [1.54, 1.807) is 23.1 Å². The molecule has 0 saturated carbocycles. The fraction of sp³-hybridized carbons (Fsp3) is 0.429. The first kappa shape index (κ1) is 15.1. The molecular weight excluding hydrogens is 270 g/mol. The van der Waals surface area contributed by atoms with Crippen molar-refractivity contribution in [3.8, 4) is 11.4 Å². The molecule has 7 nitrogen and oxygen atoms in total. The number of nitro benzene ring substituents is 1. The van der Waals surface area contributed by atoms with Crippen LogP contribution >= 0.6 is 0 Å². The van der Waals surface area contributed by atoms with E-state index < -0.39 is 4.92 Å². The standard InChI is InChI=1S/C14H19N5O2/c1-11(2)15-7-4-8-18-10-16-14(17-18)12-5-3-6-13(9-12)19(20)21/h3,5-6,9-11,15H,4,7-8H2,1-2H3. The van der Waals surface area contributed by atoms with Crippen LogP contribution in [0.4, 0.5) is 5.69 Å². The highest BCUT2D eigenvalue weighted by molar-refractivity contribution is 5.58. The largest absolute Gasteiger partial charge is 0.314 e. The van der Waals surface area contributed by atoms with Gasteiger partial charge in [0.25, 0.3) is 5.69 Å². The molecule has 21 heavy (non-hydrogen) atoms. The van der Waals surface area contributed by atoms with Gasteiger partial charge in [-0.1, -0.05) is 26.0 Å². The summed E-state index contributed by atoms with van der Waals surface area (Å²) in [6.07, 6.45) is 2.61. The van der Waals surface area contributed by atoms with Crippen molar-refractivity contribution in [1.29, 1.82) is 0 Å². The Hall–Kier alpha value is -2.28. The van der Waals surface area contributed by atoms with Crippen molar-refractivity contribution in [2.45, 2.75) is 32.9 Å². The van der Waals surface area contributed by atoms with Gasteiger partial charge in [0, 0.05) is 30.3 Å². The molecule has 0 saturated heterocycles. The Labute approximate surface area is 123 Å². The SMILES string of the molecule is CC(C)NCCCn1cnc(-c2cccc([N+](=O)[O-])c2)n1. The van der Waals surface area contributed by atoms with Crippen molar-refractivity contribution in [2.75, 3.05) is 6.54 Å². The molecule has 0 bridgehead atoms. The maximum absolute atomic E-state index is 10.8. The van der Waals surface area contributed by atoms with Crippen LogP contribution in [0.2, 0.25) is 0 Å². The third kappa shape index (κ3) is 4.35. The summed E-state index contributed by atoms with van der Waals surface area (Å²) in [5.41, 5.74) is 0.702. The van der Waals surface area contributed by atoms with E-state index in [1.807, 2.05) is 0 Å². The number of nitrogens with zero attached hydrogens (tertiary/aromatic N) is 4. The molecular formula is C14H19N5O2. The van der Waals surface area contributed by atoms with Gasteiger partial charge in [0.15, 0.2) is 5.82 Å². The number of aromatic nitrogens is 3. The van der Waals surface area contributed by atoms with Crippen molar-refractivity contribution in [3.05, 3.63) is 40.7 Å². The second kappa shape index (κ2) is 6.94. The number of hydrogen-bond donors (Lipinski definition) is 1. The van der Waals surface area contributed by atoms with Gasteiger partial charge in [0.05, 0.1) is 4.92 Å². The summed E-state index contributed by atoms with van der Waals surface area (Å²) in [5.74, 6) is 0.510. The third-order valence-corrected chi connectivity index (χ3v) is 2.97. The predicted molar refractivity (Wildman–Crippen MR) is 79.9 cm³/mol. The molecule has 0 unspecified atom stereocenters. The fourth-order valence-corrected chi connectivity index (χ4v) is 1.92. The lowest BCUT2D eigenvalue weighted by Crippen LogP contribution is -2.24. The summed E-state index contributed by atoms with van der Waals surface area (Å²) in [4.78, 5) is 14.6. The molecule has 7 heteroatoms. The summed E-state index contributed by atoms with van der Waals surface area (Å²) < 4.78 is 1.76. The van der Waals surface area contributed by atoms with Crippen molar-refractivity contribution in [3.63, 3.8) is 0 Å². The van der Waals surface area contributed by atoms with E-state index in [2.05, 4.69) is 29.2 Å². The number of hydrogen-bond acceptors (Lipinski definition) is 5. The van der Waals surface area contributed by atoms with Crippen LogP contribution in [0.25, 0.3) is 11.4 Å². The Bertz CT molecular complexity index is 609. The molecule has 0 amide bonds. The zero-order valence-electron chi connectivity index (χ0n) is 12.2. The van der Waals surface area contributed by atoms with E-state index in [4.69, 9.17) is 0 Å². The van der Waals surface area contributed by atoms with E-state index >= 15 is 0 Å². The zero-order valence-corrected chi connectivity index (χ0v) is 12.2. The average molecular weight is 289 g/mol. The van der Waals surface area contributed by atoms with E-state index in [9.17, 15) is 10.1 Å². The van der Waals surface area contributed by atoms with Crippen LogP contribution in [0.5, 0.6) is 0 Å². The molecule has 0 aliphatic carbocycles. The smallest absolute Gasteiger partial charge is 0.270 e. The third-order valence-electron chi connectivity index (χ3n) is 2.97. The molecule has 0 atom stereocenters. The maximum atomic E-state index is 10.8. The number of benzene rings is 1. The molecule has 112 valence electrons. The van der Waals surface area contributed by atoms with Gasteiger partial charge in [-0.3, -0.25) is 14.8 Å². The van der Waals surface area contributed by atoms with Gasteiger partial charge >= 0.3 is 0 Å². The molecule has 1 aromatic carbocycles. The fourth-order valence-electron chi connectivity index (χ4n) is 1.92. The zero-order chi connectivity index (χ0) is 15.2. The monoisotopic (exact) mass is 289 g/mol. The van der Waals surface area contributed by atoms with E-state index in [0.29, 0.717) is 17.4 Å². The Kier molecular flexibility index (Phi) is 4.99. The van der Waals surface area contributed by atoms with Gasteiger partial charge in [0.1, 0.15) is 6.33 Å². The normalized spacial score (nSPS) is 11.0. The van der Waals surface area contributed by atoms with Crippen molar-refractivity contribution in [2.24, 2.45) is 0 Å². The van der Waals surface area contributed by atoms with E-state index in [0.717, 1.165) is 19.5 Å². The van der Waals surface area contributed by atoms with Crippen LogP contribution in [0.1, 0.15) is 20.3 Å². The van der Waals surface area contributed by atoms with Crippen LogP contribution in [0.3, 0.4) is 0 Å². The number of rotatable bonds is 7. The molecule has 1 aromatic heterocycles. The maximum Gasteiger partial charge on any atom is 0.270 e. The van der Waals surface area contributed by atoms with Gasteiger partial charge in [0.2, 0.25) is 0 Å². The van der Waals surface area contributed by atoms with E-state index in [-0.39, 0.29) is 5.69 Å². The Morgan fingerprint density at radius 2 is 2.24 bits per heavy atom. The first-order chi connectivity index (χ1) is 10.1. The summed E-state index contributed by atoms with van der Waals surface area (Å²) >= 11 is 0. The molecule has 1 N–H and O–H groups in total. The van der Waals surface area contributed by atoms with Crippen LogP contribution in [-0.4, -0.2) is 32.3 Å².